The summed E-state index contributed by atoms with van der Waals surface area (Å²) in [5.41, 5.74) is 8.05. The molecule has 0 fully saturated rings. The van der Waals surface area contributed by atoms with Gasteiger partial charge in [-0.1, -0.05) is 79.6 Å². The van der Waals surface area contributed by atoms with E-state index in [2.05, 4.69) is 86.2 Å². The van der Waals surface area contributed by atoms with Crippen molar-refractivity contribution < 1.29 is 14.6 Å². The van der Waals surface area contributed by atoms with Crippen molar-refractivity contribution in [2.75, 3.05) is 6.61 Å². The van der Waals surface area contributed by atoms with Crippen LogP contribution in [0.4, 0.5) is 0 Å². The van der Waals surface area contributed by atoms with Crippen molar-refractivity contribution in [1.29, 1.82) is 0 Å². The minimum absolute atomic E-state index is 0.118. The Morgan fingerprint density at radius 2 is 1.66 bits per heavy atom. The fourth-order valence-corrected chi connectivity index (χ4v) is 4.42. The minimum Gasteiger partial charge on any atom is -0.494 e. The average Bonchev–Trinajstić information content (AvgIpc) is 3.32. The molecule has 0 aliphatic rings. The normalized spacial score (nSPS) is 11.2. The zero-order chi connectivity index (χ0) is 26.9. The first-order valence-electron chi connectivity index (χ1n) is 13.3. The number of hydrogen-bond donors (Lipinski definition) is 1. The van der Waals surface area contributed by atoms with Gasteiger partial charge in [0.05, 0.1) is 12.3 Å². The van der Waals surface area contributed by atoms with Gasteiger partial charge in [-0.2, -0.15) is 0 Å². The highest BCUT2D eigenvalue weighted by molar-refractivity contribution is 5.72. The van der Waals surface area contributed by atoms with Gasteiger partial charge in [0.15, 0.2) is 0 Å². The molecular formula is C33H36N2O3. The molecule has 5 nitrogen and oxygen atoms in total. The molecule has 0 aliphatic heterocycles. The van der Waals surface area contributed by atoms with Gasteiger partial charge >= 0.3 is 5.97 Å². The van der Waals surface area contributed by atoms with Crippen molar-refractivity contribution in [3.8, 4) is 28.1 Å². The van der Waals surface area contributed by atoms with Gasteiger partial charge in [0.1, 0.15) is 11.6 Å². The molecule has 0 unspecified atom stereocenters. The van der Waals surface area contributed by atoms with E-state index < -0.39 is 5.97 Å². The molecule has 1 heterocycles. The molecule has 4 rings (SSSR count). The number of benzene rings is 3. The molecule has 196 valence electrons. The van der Waals surface area contributed by atoms with Crippen LogP contribution in [0.2, 0.25) is 0 Å². The highest BCUT2D eigenvalue weighted by atomic mass is 16.5. The molecule has 1 aromatic heterocycles. The maximum absolute atomic E-state index is 10.6. The molecule has 5 heteroatoms. The van der Waals surface area contributed by atoms with E-state index in [1.807, 2.05) is 24.3 Å². The van der Waals surface area contributed by atoms with E-state index in [9.17, 15) is 4.79 Å². The quantitative estimate of drug-likeness (QED) is 0.197. The Kier molecular flexibility index (Phi) is 9.15. The van der Waals surface area contributed by atoms with E-state index in [4.69, 9.17) is 14.8 Å². The Hall–Kier alpha value is -4.12. The van der Waals surface area contributed by atoms with Gasteiger partial charge in [-0.05, 0) is 67.2 Å². The number of aromatic nitrogens is 2. The molecule has 0 aliphatic carbocycles. The van der Waals surface area contributed by atoms with E-state index in [0.717, 1.165) is 53.3 Å². The molecule has 0 radical (unpaired) electrons. The third kappa shape index (κ3) is 7.22. The Morgan fingerprint density at radius 3 is 2.32 bits per heavy atom. The van der Waals surface area contributed by atoms with E-state index in [1.165, 1.54) is 16.7 Å². The summed E-state index contributed by atoms with van der Waals surface area (Å²) in [6.07, 6.45) is 9.27. The van der Waals surface area contributed by atoms with Crippen LogP contribution in [-0.4, -0.2) is 27.2 Å². The van der Waals surface area contributed by atoms with Crippen LogP contribution >= 0.6 is 0 Å². The fraction of sp³-hybridized carbons (Fsp3) is 0.273. The van der Waals surface area contributed by atoms with E-state index in [0.29, 0.717) is 13.0 Å². The summed E-state index contributed by atoms with van der Waals surface area (Å²) in [5.74, 6) is 0.917. The van der Waals surface area contributed by atoms with Crippen LogP contribution in [0, 0.1) is 13.8 Å². The predicted octanol–water partition coefficient (Wildman–Crippen LogP) is 8.05. The number of nitrogens with zero attached hydrogens (tertiary/aromatic N) is 2. The fourth-order valence-electron chi connectivity index (χ4n) is 4.42. The lowest BCUT2D eigenvalue weighted by Crippen LogP contribution is -2.01. The van der Waals surface area contributed by atoms with Gasteiger partial charge in [-0.3, -0.25) is 4.79 Å². The molecule has 38 heavy (non-hydrogen) atoms. The smallest absolute Gasteiger partial charge is 0.303 e. The maximum Gasteiger partial charge on any atom is 0.303 e. The zero-order valence-corrected chi connectivity index (χ0v) is 22.5. The molecule has 0 saturated heterocycles. The number of ether oxygens (including phenoxy) is 1. The average molecular weight is 509 g/mol. The Bertz CT molecular complexity index is 1380. The Labute approximate surface area is 225 Å². The summed E-state index contributed by atoms with van der Waals surface area (Å²) in [6.45, 7) is 7.82. The largest absolute Gasteiger partial charge is 0.494 e. The predicted molar refractivity (Wildman–Crippen MR) is 155 cm³/mol. The molecular weight excluding hydrogens is 472 g/mol. The second kappa shape index (κ2) is 12.9. The second-order valence-corrected chi connectivity index (χ2v) is 9.68. The molecule has 0 atom stereocenters. The van der Waals surface area contributed by atoms with Gasteiger partial charge in [-0.15, -0.1) is 0 Å². The highest BCUT2D eigenvalue weighted by Gasteiger charge is 2.10. The van der Waals surface area contributed by atoms with Crippen molar-refractivity contribution >= 4 is 18.1 Å². The third-order valence-corrected chi connectivity index (χ3v) is 6.54. The van der Waals surface area contributed by atoms with Crippen molar-refractivity contribution in [1.82, 2.24) is 9.55 Å². The van der Waals surface area contributed by atoms with Gasteiger partial charge in [-0.25, -0.2) is 4.98 Å². The summed E-state index contributed by atoms with van der Waals surface area (Å²) < 4.78 is 7.89. The van der Waals surface area contributed by atoms with Crippen LogP contribution in [0.1, 0.15) is 55.1 Å². The van der Waals surface area contributed by atoms with Gasteiger partial charge < -0.3 is 14.4 Å². The molecule has 4 aromatic rings. The summed E-state index contributed by atoms with van der Waals surface area (Å²) in [5, 5.41) is 8.72. The summed E-state index contributed by atoms with van der Waals surface area (Å²) >= 11 is 0. The molecule has 3 aromatic carbocycles. The summed E-state index contributed by atoms with van der Waals surface area (Å²) in [6, 6.07) is 22.9. The van der Waals surface area contributed by atoms with Gasteiger partial charge in [0, 0.05) is 24.7 Å². The maximum atomic E-state index is 10.6. The Morgan fingerprint density at radius 1 is 0.947 bits per heavy atom. The third-order valence-electron chi connectivity index (χ3n) is 6.54. The van der Waals surface area contributed by atoms with Crippen molar-refractivity contribution in [3.05, 3.63) is 95.4 Å². The van der Waals surface area contributed by atoms with Crippen LogP contribution in [0.3, 0.4) is 0 Å². The summed E-state index contributed by atoms with van der Waals surface area (Å²) in [7, 11) is 0. The molecule has 0 saturated carbocycles. The van der Waals surface area contributed by atoms with Gasteiger partial charge in [0.2, 0.25) is 0 Å². The second-order valence-electron chi connectivity index (χ2n) is 9.68. The van der Waals surface area contributed by atoms with E-state index in [-0.39, 0.29) is 6.42 Å². The monoisotopic (exact) mass is 508 g/mol. The van der Waals surface area contributed by atoms with Gasteiger partial charge in [0.25, 0.3) is 0 Å². The number of rotatable bonds is 12. The van der Waals surface area contributed by atoms with Crippen LogP contribution < -0.4 is 4.74 Å². The molecule has 1 N–H and O–H groups in total. The standard InChI is InChI=1S/C33H36N2O3/c1-4-5-20-35-23-31(30-18-8-24(2)22-25(30)3)34-32(35)19-11-26-9-12-27(13-10-26)28-14-16-29(17-15-28)38-21-6-7-33(36)37/h8-19,22-23H,4-7,20-21H2,1-3H3,(H,36,37)/b19-11+. The van der Waals surface area contributed by atoms with Crippen LogP contribution in [0.5, 0.6) is 5.75 Å². The lowest BCUT2D eigenvalue weighted by atomic mass is 10.0. The van der Waals surface area contributed by atoms with Crippen LogP contribution in [-0.2, 0) is 11.3 Å². The molecule has 0 spiro atoms. The summed E-state index contributed by atoms with van der Waals surface area (Å²) in [4.78, 5) is 15.6. The minimum atomic E-state index is -0.800. The number of aliphatic carboxylic acids is 1. The first-order valence-corrected chi connectivity index (χ1v) is 13.3. The lowest BCUT2D eigenvalue weighted by molar-refractivity contribution is -0.137. The SMILES string of the molecule is CCCCn1cc(-c2ccc(C)cc2C)nc1/C=C/c1ccc(-c2ccc(OCCCC(=O)O)cc2)cc1. The Balaban J connectivity index is 1.45. The van der Waals surface area contributed by atoms with Crippen molar-refractivity contribution in [3.63, 3.8) is 0 Å². The number of imidazole rings is 1. The van der Waals surface area contributed by atoms with E-state index in [1.54, 1.807) is 0 Å². The highest BCUT2D eigenvalue weighted by Crippen LogP contribution is 2.26. The van der Waals surface area contributed by atoms with Crippen LogP contribution in [0.15, 0.2) is 72.9 Å². The first kappa shape index (κ1) is 26.9. The van der Waals surface area contributed by atoms with Crippen molar-refractivity contribution in [2.24, 2.45) is 0 Å². The number of unbranched alkanes of at least 4 members (excludes halogenated alkanes) is 1. The lowest BCUT2D eigenvalue weighted by Gasteiger charge is -2.07. The number of hydrogen-bond acceptors (Lipinski definition) is 3. The number of aryl methyl sites for hydroxylation is 3. The first-order chi connectivity index (χ1) is 18.4. The topological polar surface area (TPSA) is 64.4 Å². The number of carboxylic acids is 1. The van der Waals surface area contributed by atoms with Crippen LogP contribution in [0.25, 0.3) is 34.5 Å². The molecule has 0 bridgehead atoms. The zero-order valence-electron chi connectivity index (χ0n) is 22.5. The number of carbonyl (C=O) groups is 1. The number of carboxylic acid groups (broad SMARTS) is 1. The molecule has 0 amide bonds. The van der Waals surface area contributed by atoms with E-state index >= 15 is 0 Å². The van der Waals surface area contributed by atoms with Crippen molar-refractivity contribution in [2.45, 2.75) is 53.0 Å².